The molecule has 1 aliphatic heterocycles. The first-order chi connectivity index (χ1) is 11.6. The number of anilines is 2. The quantitative estimate of drug-likeness (QED) is 0.931. The number of hydrogen-bond donors (Lipinski definition) is 1. The van der Waals surface area contributed by atoms with Crippen LogP contribution in [0, 0.1) is 12.7 Å². The fourth-order valence-corrected chi connectivity index (χ4v) is 3.43. The Labute approximate surface area is 141 Å². The van der Waals surface area contributed by atoms with E-state index in [0.29, 0.717) is 5.75 Å². The zero-order valence-electron chi connectivity index (χ0n) is 14.1. The number of nitrogens with two attached hydrogens (primary N) is 1. The van der Waals surface area contributed by atoms with Crippen LogP contribution in [0.2, 0.25) is 0 Å². The van der Waals surface area contributed by atoms with Crippen LogP contribution in [0.25, 0.3) is 0 Å². The van der Waals surface area contributed by atoms with Crippen molar-refractivity contribution in [2.45, 2.75) is 38.6 Å². The van der Waals surface area contributed by atoms with Gasteiger partial charge in [-0.2, -0.15) is 4.98 Å². The number of para-hydroxylation sites is 1. The number of aryl methyl sites for hydroxylation is 1. The predicted octanol–water partition coefficient (Wildman–Crippen LogP) is 3.64. The number of aromatic nitrogens is 2. The van der Waals surface area contributed by atoms with Crippen molar-refractivity contribution >= 4 is 11.8 Å². The van der Waals surface area contributed by atoms with Gasteiger partial charge in [0.2, 0.25) is 5.95 Å². The van der Waals surface area contributed by atoms with Crippen LogP contribution in [-0.4, -0.2) is 23.6 Å². The Morgan fingerprint density at radius 3 is 2.83 bits per heavy atom. The van der Waals surface area contributed by atoms with Crippen LogP contribution < -0.4 is 15.4 Å². The molecule has 1 atom stereocenters. The van der Waals surface area contributed by atoms with Gasteiger partial charge in [0, 0.05) is 23.9 Å². The van der Waals surface area contributed by atoms with Crippen molar-refractivity contribution in [3.63, 3.8) is 0 Å². The van der Waals surface area contributed by atoms with Gasteiger partial charge in [0.15, 0.2) is 11.6 Å². The van der Waals surface area contributed by atoms with E-state index in [4.69, 9.17) is 10.5 Å². The summed E-state index contributed by atoms with van der Waals surface area (Å²) in [6, 6.07) is 7.03. The van der Waals surface area contributed by atoms with Crippen molar-refractivity contribution in [1.82, 2.24) is 9.97 Å². The second-order valence-corrected chi connectivity index (χ2v) is 6.15. The van der Waals surface area contributed by atoms with Crippen LogP contribution >= 0.6 is 0 Å². The minimum absolute atomic E-state index is 0.00634. The molecule has 0 amide bonds. The molecule has 1 fully saturated rings. The Morgan fingerprint density at radius 1 is 1.25 bits per heavy atom. The molecule has 1 unspecified atom stereocenters. The summed E-state index contributed by atoms with van der Waals surface area (Å²) < 4.78 is 19.5. The fraction of sp³-hybridized carbons (Fsp3) is 0.444. The predicted molar refractivity (Wildman–Crippen MR) is 92.7 cm³/mol. The molecule has 1 aromatic carbocycles. The van der Waals surface area contributed by atoms with Crippen LogP contribution in [0.3, 0.4) is 0 Å². The van der Waals surface area contributed by atoms with Gasteiger partial charge in [-0.05, 0) is 25.8 Å². The molecule has 0 aliphatic carbocycles. The molecule has 0 saturated carbocycles. The van der Waals surface area contributed by atoms with Gasteiger partial charge in [0.1, 0.15) is 5.82 Å². The highest BCUT2D eigenvalue weighted by Gasteiger charge is 2.28. The second-order valence-electron chi connectivity index (χ2n) is 6.15. The lowest BCUT2D eigenvalue weighted by Crippen LogP contribution is -2.30. The third-order valence-corrected chi connectivity index (χ3v) is 4.47. The molecule has 5 nitrogen and oxygen atoms in total. The van der Waals surface area contributed by atoms with Crippen LogP contribution in [0.5, 0.6) is 5.75 Å². The van der Waals surface area contributed by atoms with Gasteiger partial charge in [0.05, 0.1) is 13.2 Å². The van der Waals surface area contributed by atoms with E-state index in [1.807, 2.05) is 19.1 Å². The first-order valence-electron chi connectivity index (χ1n) is 8.30. The summed E-state index contributed by atoms with van der Waals surface area (Å²) in [5.41, 5.74) is 7.52. The van der Waals surface area contributed by atoms with Crippen LogP contribution in [0.15, 0.2) is 24.3 Å². The number of nitrogen functional groups attached to an aromatic ring is 1. The third-order valence-electron chi connectivity index (χ3n) is 4.47. The Hall–Kier alpha value is -2.37. The third kappa shape index (κ3) is 3.27. The van der Waals surface area contributed by atoms with Gasteiger partial charge >= 0.3 is 0 Å². The lowest BCUT2D eigenvalue weighted by atomic mass is 9.99. The highest BCUT2D eigenvalue weighted by atomic mass is 19.1. The van der Waals surface area contributed by atoms with E-state index in [1.54, 1.807) is 6.07 Å². The monoisotopic (exact) mass is 330 g/mol. The number of ether oxygens (including phenoxy) is 1. The van der Waals surface area contributed by atoms with Gasteiger partial charge in [-0.3, -0.25) is 0 Å². The number of methoxy groups -OCH3 is 1. The van der Waals surface area contributed by atoms with E-state index in [1.165, 1.54) is 13.2 Å². The highest BCUT2D eigenvalue weighted by Crippen LogP contribution is 2.38. The van der Waals surface area contributed by atoms with Gasteiger partial charge in [0.25, 0.3) is 0 Å². The first-order valence-corrected chi connectivity index (χ1v) is 8.30. The molecule has 1 saturated heterocycles. The number of nitrogens with zero attached hydrogens (tertiary/aromatic N) is 3. The topological polar surface area (TPSA) is 64.3 Å². The Balaban J connectivity index is 2.07. The standard InChI is InChI=1S/C18H23FN4O/c1-12-11-16(22-18(20)21-12)23-10-5-3-4-9-15(23)13-7-6-8-14(19)17(13)24-2/h6-8,11,15H,3-5,9-10H2,1-2H3,(H2,20,21,22). The number of hydrogen-bond acceptors (Lipinski definition) is 5. The molecular weight excluding hydrogens is 307 g/mol. The molecule has 0 radical (unpaired) electrons. The second kappa shape index (κ2) is 7.03. The van der Waals surface area contributed by atoms with Crippen molar-refractivity contribution in [3.8, 4) is 5.75 Å². The van der Waals surface area contributed by atoms with Crippen molar-refractivity contribution in [2.75, 3.05) is 24.3 Å². The minimum Gasteiger partial charge on any atom is -0.493 e. The normalized spacial score (nSPS) is 18.3. The molecule has 6 heteroatoms. The van der Waals surface area contributed by atoms with Gasteiger partial charge in [-0.15, -0.1) is 0 Å². The van der Waals surface area contributed by atoms with Crippen molar-refractivity contribution < 1.29 is 9.13 Å². The summed E-state index contributed by atoms with van der Waals surface area (Å²) in [6.07, 6.45) is 4.21. The summed E-state index contributed by atoms with van der Waals surface area (Å²) in [4.78, 5) is 10.8. The molecule has 3 rings (SSSR count). The van der Waals surface area contributed by atoms with Crippen molar-refractivity contribution in [3.05, 3.63) is 41.3 Å². The number of rotatable bonds is 3. The maximum Gasteiger partial charge on any atom is 0.222 e. The van der Waals surface area contributed by atoms with Crippen LogP contribution in [0.1, 0.15) is 43.0 Å². The zero-order valence-corrected chi connectivity index (χ0v) is 14.1. The minimum atomic E-state index is -0.336. The maximum absolute atomic E-state index is 14.2. The van der Waals surface area contributed by atoms with Gasteiger partial charge < -0.3 is 15.4 Å². The molecule has 2 N–H and O–H groups in total. The molecule has 2 heterocycles. The molecule has 1 aromatic heterocycles. The summed E-state index contributed by atoms with van der Waals surface area (Å²) in [6.45, 7) is 2.75. The van der Waals surface area contributed by atoms with E-state index in [9.17, 15) is 4.39 Å². The molecule has 2 aromatic rings. The summed E-state index contributed by atoms with van der Waals surface area (Å²) >= 11 is 0. The fourth-order valence-electron chi connectivity index (χ4n) is 3.43. The van der Waals surface area contributed by atoms with Gasteiger partial charge in [-0.25, -0.2) is 9.37 Å². The van der Waals surface area contributed by atoms with Crippen molar-refractivity contribution in [1.29, 1.82) is 0 Å². The van der Waals surface area contributed by atoms with E-state index < -0.39 is 0 Å². The maximum atomic E-state index is 14.2. The molecule has 24 heavy (non-hydrogen) atoms. The summed E-state index contributed by atoms with van der Waals surface area (Å²) in [5.74, 6) is 1.03. The van der Waals surface area contributed by atoms with E-state index in [0.717, 1.165) is 49.3 Å². The van der Waals surface area contributed by atoms with Crippen molar-refractivity contribution in [2.24, 2.45) is 0 Å². The van der Waals surface area contributed by atoms with Crippen LogP contribution in [-0.2, 0) is 0 Å². The summed E-state index contributed by atoms with van der Waals surface area (Å²) in [5, 5.41) is 0. The largest absolute Gasteiger partial charge is 0.493 e. The highest BCUT2D eigenvalue weighted by molar-refractivity contribution is 5.49. The molecule has 0 spiro atoms. The lowest BCUT2D eigenvalue weighted by Gasteiger charge is -2.32. The SMILES string of the molecule is COc1c(F)cccc1C1CCCCCN1c1cc(C)nc(N)n1. The van der Waals surface area contributed by atoms with Crippen LogP contribution in [0.4, 0.5) is 16.2 Å². The number of benzene rings is 1. The molecule has 128 valence electrons. The first kappa shape index (κ1) is 16.5. The molecule has 0 bridgehead atoms. The summed E-state index contributed by atoms with van der Waals surface area (Å²) in [7, 11) is 1.51. The van der Waals surface area contributed by atoms with E-state index in [2.05, 4.69) is 14.9 Å². The zero-order chi connectivity index (χ0) is 17.1. The average Bonchev–Trinajstić information content (AvgIpc) is 2.79. The Morgan fingerprint density at radius 2 is 2.08 bits per heavy atom. The average molecular weight is 330 g/mol. The smallest absolute Gasteiger partial charge is 0.222 e. The molecular formula is C18H23FN4O. The van der Waals surface area contributed by atoms with E-state index in [-0.39, 0.29) is 17.8 Å². The number of halogens is 1. The Bertz CT molecular complexity index is 702. The Kier molecular flexibility index (Phi) is 4.83. The lowest BCUT2D eigenvalue weighted by molar-refractivity contribution is 0.375. The van der Waals surface area contributed by atoms with E-state index >= 15 is 0 Å². The molecule has 1 aliphatic rings. The van der Waals surface area contributed by atoms with Gasteiger partial charge in [-0.1, -0.05) is 25.0 Å².